The topological polar surface area (TPSA) is 63.6 Å². The number of aliphatic hydroxyl groups excluding tert-OH is 1. The van der Waals surface area contributed by atoms with Gasteiger partial charge in [-0.25, -0.2) is 0 Å². The summed E-state index contributed by atoms with van der Waals surface area (Å²) in [4.78, 5) is 24.9. The molecule has 0 fully saturated rings. The maximum Gasteiger partial charge on any atom is 0.181 e. The van der Waals surface area contributed by atoms with Crippen molar-refractivity contribution in [1.82, 2.24) is 0 Å². The SMILES string of the molecule is CCC(=O)C1=C(O)C2=C(OC(C)(C)C=C2)[C@H](CC=C(C)C)C1=O. The fourth-order valence-corrected chi connectivity index (χ4v) is 2.75. The van der Waals surface area contributed by atoms with Crippen LogP contribution in [-0.2, 0) is 14.3 Å². The number of carbonyl (C=O) groups excluding carboxylic acids is 2. The van der Waals surface area contributed by atoms with Gasteiger partial charge < -0.3 is 9.84 Å². The molecular formula is C19H24O4. The van der Waals surface area contributed by atoms with Crippen LogP contribution in [0, 0.1) is 5.92 Å². The van der Waals surface area contributed by atoms with Gasteiger partial charge >= 0.3 is 0 Å². The maximum absolute atomic E-state index is 12.8. The minimum atomic E-state index is -0.564. The lowest BCUT2D eigenvalue weighted by Gasteiger charge is -2.35. The van der Waals surface area contributed by atoms with Crippen LogP contribution in [0.2, 0.25) is 0 Å². The Morgan fingerprint density at radius 1 is 1.39 bits per heavy atom. The van der Waals surface area contributed by atoms with Gasteiger partial charge in [0.05, 0.1) is 11.5 Å². The summed E-state index contributed by atoms with van der Waals surface area (Å²) in [5.74, 6) is -1.04. The molecule has 0 aromatic heterocycles. The zero-order valence-corrected chi connectivity index (χ0v) is 14.4. The number of rotatable bonds is 4. The number of allylic oxidation sites excluding steroid dienone is 5. The van der Waals surface area contributed by atoms with Gasteiger partial charge in [0.15, 0.2) is 11.6 Å². The Hall–Kier alpha value is -2.10. The van der Waals surface area contributed by atoms with Crippen LogP contribution in [0.4, 0.5) is 0 Å². The molecule has 1 heterocycles. The van der Waals surface area contributed by atoms with E-state index in [-0.39, 0.29) is 29.3 Å². The highest BCUT2D eigenvalue weighted by molar-refractivity contribution is 6.23. The van der Waals surface area contributed by atoms with E-state index < -0.39 is 11.5 Å². The van der Waals surface area contributed by atoms with E-state index in [1.807, 2.05) is 39.8 Å². The fourth-order valence-electron chi connectivity index (χ4n) is 2.75. The second kappa shape index (κ2) is 6.19. The van der Waals surface area contributed by atoms with Crippen LogP contribution in [0.5, 0.6) is 0 Å². The number of aliphatic hydroxyl groups is 1. The maximum atomic E-state index is 12.8. The minimum Gasteiger partial charge on any atom is -0.506 e. The number of Topliss-reactive ketones (excluding diaryl/α,β-unsaturated/α-hetero) is 2. The summed E-state index contributed by atoms with van der Waals surface area (Å²) in [6.07, 6.45) is 6.16. The third-order valence-electron chi connectivity index (χ3n) is 4.02. The first-order chi connectivity index (χ1) is 10.7. The Balaban J connectivity index is 2.57. The van der Waals surface area contributed by atoms with Crippen molar-refractivity contribution in [3.63, 3.8) is 0 Å². The first kappa shape index (κ1) is 17.3. The predicted octanol–water partition coefficient (Wildman–Crippen LogP) is 3.95. The highest BCUT2D eigenvalue weighted by atomic mass is 16.5. The Labute approximate surface area is 137 Å². The van der Waals surface area contributed by atoms with E-state index in [1.54, 1.807) is 13.0 Å². The van der Waals surface area contributed by atoms with Gasteiger partial charge in [-0.3, -0.25) is 9.59 Å². The average Bonchev–Trinajstić information content (AvgIpc) is 2.45. The molecule has 2 aliphatic rings. The molecule has 1 N–H and O–H groups in total. The van der Waals surface area contributed by atoms with Gasteiger partial charge in [0.25, 0.3) is 0 Å². The lowest BCUT2D eigenvalue weighted by Crippen LogP contribution is -2.36. The predicted molar refractivity (Wildman–Crippen MR) is 88.8 cm³/mol. The van der Waals surface area contributed by atoms with Crippen molar-refractivity contribution in [3.8, 4) is 0 Å². The van der Waals surface area contributed by atoms with Crippen molar-refractivity contribution in [3.05, 3.63) is 46.5 Å². The van der Waals surface area contributed by atoms with Crippen LogP contribution in [0.1, 0.15) is 47.5 Å². The summed E-state index contributed by atoms with van der Waals surface area (Å²) in [7, 11) is 0. The van der Waals surface area contributed by atoms with Crippen LogP contribution in [-0.4, -0.2) is 22.3 Å². The van der Waals surface area contributed by atoms with Gasteiger partial charge in [0, 0.05) is 6.42 Å². The molecule has 0 aromatic rings. The Bertz CT molecular complexity index is 667. The Morgan fingerprint density at radius 2 is 2.04 bits per heavy atom. The molecule has 1 aliphatic heterocycles. The summed E-state index contributed by atoms with van der Waals surface area (Å²) in [6.45, 7) is 9.38. The lowest BCUT2D eigenvalue weighted by molar-refractivity contribution is -0.124. The molecule has 1 atom stereocenters. The summed E-state index contributed by atoms with van der Waals surface area (Å²) in [6, 6.07) is 0. The van der Waals surface area contributed by atoms with Crippen molar-refractivity contribution in [1.29, 1.82) is 0 Å². The van der Waals surface area contributed by atoms with E-state index in [9.17, 15) is 14.7 Å². The first-order valence-electron chi connectivity index (χ1n) is 7.94. The highest BCUT2D eigenvalue weighted by Gasteiger charge is 2.41. The lowest BCUT2D eigenvalue weighted by atomic mass is 9.80. The zero-order valence-electron chi connectivity index (χ0n) is 14.4. The van der Waals surface area contributed by atoms with Gasteiger partial charge in [-0.1, -0.05) is 18.6 Å². The zero-order chi connectivity index (χ0) is 17.4. The van der Waals surface area contributed by atoms with Crippen LogP contribution < -0.4 is 0 Å². The first-order valence-corrected chi connectivity index (χ1v) is 7.94. The van der Waals surface area contributed by atoms with Gasteiger partial charge in [0.1, 0.15) is 22.7 Å². The van der Waals surface area contributed by atoms with E-state index >= 15 is 0 Å². The number of hydrogen-bond donors (Lipinski definition) is 1. The quantitative estimate of drug-likeness (QED) is 0.630. The van der Waals surface area contributed by atoms with E-state index in [0.717, 1.165) is 5.57 Å². The molecule has 0 amide bonds. The standard InChI is InChI=1S/C19H24O4/c1-6-14(20)15-16(21)12(8-7-11(2)3)18-13(17(15)22)9-10-19(4,5)23-18/h7,9-10,12,22H,6,8H2,1-5H3/t12-/m1/s1. The molecule has 0 bridgehead atoms. The molecule has 0 unspecified atom stereocenters. The molecule has 0 saturated carbocycles. The number of ether oxygens (including phenoxy) is 1. The summed E-state index contributed by atoms with van der Waals surface area (Å²) in [5, 5.41) is 10.4. The number of carbonyl (C=O) groups is 2. The molecule has 0 saturated heterocycles. The smallest absolute Gasteiger partial charge is 0.181 e. The molecule has 2 rings (SSSR count). The molecule has 4 heteroatoms. The third kappa shape index (κ3) is 3.31. The van der Waals surface area contributed by atoms with Gasteiger partial charge in [0.2, 0.25) is 0 Å². The van der Waals surface area contributed by atoms with Gasteiger partial charge in [-0.2, -0.15) is 0 Å². The second-order valence-corrected chi connectivity index (χ2v) is 6.75. The third-order valence-corrected chi connectivity index (χ3v) is 4.02. The van der Waals surface area contributed by atoms with Crippen molar-refractivity contribution < 1.29 is 19.4 Å². The summed E-state index contributed by atoms with van der Waals surface area (Å²) < 4.78 is 5.96. The largest absolute Gasteiger partial charge is 0.506 e. The van der Waals surface area contributed by atoms with Crippen molar-refractivity contribution in [2.75, 3.05) is 0 Å². The highest BCUT2D eigenvalue weighted by Crippen LogP contribution is 2.40. The summed E-state index contributed by atoms with van der Waals surface area (Å²) >= 11 is 0. The fraction of sp³-hybridized carbons (Fsp3) is 0.474. The van der Waals surface area contributed by atoms with E-state index in [0.29, 0.717) is 17.8 Å². The van der Waals surface area contributed by atoms with E-state index in [4.69, 9.17) is 4.74 Å². The molecule has 124 valence electrons. The van der Waals surface area contributed by atoms with Gasteiger partial charge in [-0.05, 0) is 46.3 Å². The monoisotopic (exact) mass is 316 g/mol. The van der Waals surface area contributed by atoms with Crippen LogP contribution in [0.3, 0.4) is 0 Å². The number of ketones is 2. The van der Waals surface area contributed by atoms with Gasteiger partial charge in [-0.15, -0.1) is 0 Å². The van der Waals surface area contributed by atoms with Crippen molar-refractivity contribution in [2.24, 2.45) is 5.92 Å². The van der Waals surface area contributed by atoms with Crippen LogP contribution in [0.15, 0.2) is 46.5 Å². The van der Waals surface area contributed by atoms with Crippen LogP contribution >= 0.6 is 0 Å². The van der Waals surface area contributed by atoms with Crippen molar-refractivity contribution >= 4 is 11.6 Å². The molecule has 0 aromatic carbocycles. The second-order valence-electron chi connectivity index (χ2n) is 6.75. The molecule has 0 radical (unpaired) electrons. The molecular weight excluding hydrogens is 292 g/mol. The van der Waals surface area contributed by atoms with E-state index in [2.05, 4.69) is 0 Å². The summed E-state index contributed by atoms with van der Waals surface area (Å²) in [5.41, 5.74) is 0.904. The number of hydrogen-bond acceptors (Lipinski definition) is 4. The van der Waals surface area contributed by atoms with Crippen molar-refractivity contribution in [2.45, 2.75) is 53.1 Å². The molecule has 4 nitrogen and oxygen atoms in total. The van der Waals surface area contributed by atoms with E-state index in [1.165, 1.54) is 0 Å². The molecule has 23 heavy (non-hydrogen) atoms. The Morgan fingerprint density at radius 3 is 2.61 bits per heavy atom. The normalized spacial score (nSPS) is 22.7. The molecule has 1 aliphatic carbocycles. The minimum absolute atomic E-state index is 0.0913. The average molecular weight is 316 g/mol. The van der Waals surface area contributed by atoms with Crippen LogP contribution in [0.25, 0.3) is 0 Å². The molecule has 0 spiro atoms. The Kier molecular flexibility index (Phi) is 4.64.